The van der Waals surface area contributed by atoms with E-state index in [0.29, 0.717) is 24.1 Å². The van der Waals surface area contributed by atoms with Gasteiger partial charge in [-0.15, -0.1) is 0 Å². The van der Waals surface area contributed by atoms with Crippen molar-refractivity contribution in [1.29, 1.82) is 5.26 Å². The van der Waals surface area contributed by atoms with E-state index in [2.05, 4.69) is 15.9 Å². The van der Waals surface area contributed by atoms with Crippen LogP contribution in [0.15, 0.2) is 51.7 Å². The number of nitrogens with zero attached hydrogens (tertiary/aromatic N) is 3. The highest BCUT2D eigenvalue weighted by atomic mass is 16.4. The van der Waals surface area contributed by atoms with E-state index in [9.17, 15) is 9.90 Å². The molecule has 0 atom stereocenters. The molecule has 6 nitrogen and oxygen atoms in total. The molecule has 1 aliphatic heterocycles. The van der Waals surface area contributed by atoms with E-state index in [1.807, 2.05) is 37.3 Å². The number of aryl methyl sites for hydroxylation is 1. The average molecular weight is 418 g/mol. The maximum Gasteiger partial charge on any atom is 0.336 e. The van der Waals surface area contributed by atoms with Crippen molar-refractivity contribution in [2.24, 2.45) is 0 Å². The predicted octanol–water partition coefficient (Wildman–Crippen LogP) is 3.64. The van der Waals surface area contributed by atoms with E-state index in [1.165, 1.54) is 5.56 Å². The zero-order chi connectivity index (χ0) is 21.8. The van der Waals surface area contributed by atoms with Crippen LogP contribution in [-0.2, 0) is 19.5 Å². The third-order valence-corrected chi connectivity index (χ3v) is 5.97. The molecule has 1 N–H and O–H groups in total. The van der Waals surface area contributed by atoms with E-state index < -0.39 is 0 Å². The Balaban J connectivity index is 1.47. The normalized spacial score (nSPS) is 15.6. The lowest BCUT2D eigenvalue weighted by Crippen LogP contribution is -2.30. The quantitative estimate of drug-likeness (QED) is 0.639. The Bertz CT molecular complexity index is 1160. The van der Waals surface area contributed by atoms with E-state index in [-0.39, 0.29) is 11.4 Å². The van der Waals surface area contributed by atoms with Crippen molar-refractivity contribution in [3.8, 4) is 11.8 Å². The van der Waals surface area contributed by atoms with Gasteiger partial charge in [-0.25, -0.2) is 4.79 Å². The van der Waals surface area contributed by atoms with Crippen LogP contribution < -0.4 is 5.63 Å². The van der Waals surface area contributed by atoms with Gasteiger partial charge >= 0.3 is 5.63 Å². The maximum absolute atomic E-state index is 12.1. The lowest BCUT2D eigenvalue weighted by molar-refractivity contribution is 0.247. The molecule has 0 unspecified atom stereocenters. The first kappa shape index (κ1) is 21.1. The van der Waals surface area contributed by atoms with Crippen molar-refractivity contribution in [2.45, 2.75) is 32.9 Å². The molecule has 0 spiro atoms. The SMILES string of the molecule is CCc1cc2c(CN3CCCN(Cc4ccc(C#N)cc4)CC3)cc(=O)oc2cc1O. The van der Waals surface area contributed by atoms with Gasteiger partial charge in [0.25, 0.3) is 0 Å². The summed E-state index contributed by atoms with van der Waals surface area (Å²) in [6, 6.07) is 15.0. The Morgan fingerprint density at radius 2 is 1.71 bits per heavy atom. The molecule has 0 saturated carbocycles. The van der Waals surface area contributed by atoms with E-state index >= 15 is 0 Å². The summed E-state index contributed by atoms with van der Waals surface area (Å²) in [4.78, 5) is 16.9. The Morgan fingerprint density at radius 1 is 1.00 bits per heavy atom. The lowest BCUT2D eigenvalue weighted by atomic mass is 10.0. The summed E-state index contributed by atoms with van der Waals surface area (Å²) in [7, 11) is 0. The van der Waals surface area contributed by atoms with Gasteiger partial charge in [-0.1, -0.05) is 19.1 Å². The molecule has 1 fully saturated rings. The molecule has 0 aliphatic carbocycles. The van der Waals surface area contributed by atoms with Crippen LogP contribution >= 0.6 is 0 Å². The average Bonchev–Trinajstić information content (AvgIpc) is 2.98. The summed E-state index contributed by atoms with van der Waals surface area (Å²) in [5.74, 6) is 0.170. The number of nitriles is 1. The highest BCUT2D eigenvalue weighted by Gasteiger charge is 2.18. The van der Waals surface area contributed by atoms with Crippen LogP contribution in [0.4, 0.5) is 0 Å². The molecule has 2 heterocycles. The van der Waals surface area contributed by atoms with Crippen molar-refractivity contribution in [2.75, 3.05) is 26.2 Å². The molecule has 1 aliphatic rings. The number of phenolic OH excluding ortho intramolecular Hbond substituents is 1. The van der Waals surface area contributed by atoms with Gasteiger partial charge < -0.3 is 9.52 Å². The summed E-state index contributed by atoms with van der Waals surface area (Å²) in [6.45, 7) is 7.39. The molecule has 1 aromatic heterocycles. The van der Waals surface area contributed by atoms with E-state index in [0.717, 1.165) is 55.7 Å². The topological polar surface area (TPSA) is 80.7 Å². The zero-order valence-corrected chi connectivity index (χ0v) is 17.8. The molecule has 160 valence electrons. The Kier molecular flexibility index (Phi) is 6.36. The van der Waals surface area contributed by atoms with Crippen LogP contribution in [0.2, 0.25) is 0 Å². The van der Waals surface area contributed by atoms with Gasteiger partial charge in [-0.2, -0.15) is 5.26 Å². The minimum Gasteiger partial charge on any atom is -0.508 e. The first-order valence-corrected chi connectivity index (χ1v) is 10.8. The van der Waals surface area contributed by atoms with Crippen molar-refractivity contribution in [1.82, 2.24) is 9.80 Å². The molecular formula is C25H27N3O3. The highest BCUT2D eigenvalue weighted by molar-refractivity contribution is 5.82. The number of benzene rings is 2. The van der Waals surface area contributed by atoms with Crippen molar-refractivity contribution >= 4 is 11.0 Å². The van der Waals surface area contributed by atoms with E-state index in [4.69, 9.17) is 9.68 Å². The predicted molar refractivity (Wildman–Crippen MR) is 120 cm³/mol. The van der Waals surface area contributed by atoms with Gasteiger partial charge in [-0.3, -0.25) is 9.80 Å². The third kappa shape index (κ3) is 4.96. The summed E-state index contributed by atoms with van der Waals surface area (Å²) in [6.07, 6.45) is 1.77. The van der Waals surface area contributed by atoms with E-state index in [1.54, 1.807) is 12.1 Å². The van der Waals surface area contributed by atoms with Crippen molar-refractivity contribution < 1.29 is 9.52 Å². The maximum atomic E-state index is 12.1. The lowest BCUT2D eigenvalue weighted by Gasteiger charge is -2.22. The van der Waals surface area contributed by atoms with Gasteiger partial charge in [0.15, 0.2) is 0 Å². The van der Waals surface area contributed by atoms with Crippen LogP contribution in [0.5, 0.6) is 5.75 Å². The van der Waals surface area contributed by atoms with Crippen LogP contribution in [-0.4, -0.2) is 41.1 Å². The van der Waals surface area contributed by atoms with Crippen LogP contribution in [0.3, 0.4) is 0 Å². The van der Waals surface area contributed by atoms with Crippen LogP contribution in [0.25, 0.3) is 11.0 Å². The largest absolute Gasteiger partial charge is 0.508 e. The summed E-state index contributed by atoms with van der Waals surface area (Å²) < 4.78 is 5.33. The van der Waals surface area contributed by atoms with Crippen molar-refractivity contribution in [3.63, 3.8) is 0 Å². The minimum atomic E-state index is -0.386. The number of hydrogen-bond donors (Lipinski definition) is 1. The molecule has 1 saturated heterocycles. The van der Waals surface area contributed by atoms with Gasteiger partial charge in [0.1, 0.15) is 11.3 Å². The standard InChI is InChI=1S/C25H27N3O3/c1-2-20-12-22-21(13-25(30)31-24(22)14-23(20)29)17-28-9-3-8-27(10-11-28)16-19-6-4-18(15-26)5-7-19/h4-7,12-14,29H,2-3,8-11,16-17H2,1H3. The fraction of sp³-hybridized carbons (Fsp3) is 0.360. The molecule has 3 aromatic rings. The van der Waals surface area contributed by atoms with Gasteiger partial charge in [-0.05, 0) is 60.8 Å². The number of rotatable bonds is 5. The Labute approximate surface area is 181 Å². The number of fused-ring (bicyclic) bond motifs is 1. The summed E-state index contributed by atoms with van der Waals surface area (Å²) in [5, 5.41) is 20.0. The minimum absolute atomic E-state index is 0.170. The molecule has 6 heteroatoms. The molecule has 2 aromatic carbocycles. The van der Waals surface area contributed by atoms with Crippen LogP contribution in [0.1, 0.15) is 35.6 Å². The van der Waals surface area contributed by atoms with Gasteiger partial charge in [0, 0.05) is 43.7 Å². The second-order valence-electron chi connectivity index (χ2n) is 8.14. The van der Waals surface area contributed by atoms with Gasteiger partial charge in [0.05, 0.1) is 11.6 Å². The number of aromatic hydroxyl groups is 1. The fourth-order valence-electron chi connectivity index (χ4n) is 4.25. The first-order valence-electron chi connectivity index (χ1n) is 10.8. The Hall–Kier alpha value is -3.14. The third-order valence-electron chi connectivity index (χ3n) is 5.97. The smallest absolute Gasteiger partial charge is 0.336 e. The van der Waals surface area contributed by atoms with Crippen molar-refractivity contribution in [3.05, 3.63) is 75.1 Å². The number of hydrogen-bond acceptors (Lipinski definition) is 6. The first-order chi connectivity index (χ1) is 15.1. The second-order valence-corrected chi connectivity index (χ2v) is 8.14. The fourth-order valence-corrected chi connectivity index (χ4v) is 4.25. The molecule has 0 radical (unpaired) electrons. The Morgan fingerprint density at radius 3 is 2.39 bits per heavy atom. The summed E-state index contributed by atoms with van der Waals surface area (Å²) >= 11 is 0. The second kappa shape index (κ2) is 9.34. The molecule has 0 amide bonds. The van der Waals surface area contributed by atoms with Crippen LogP contribution in [0, 0.1) is 11.3 Å². The highest BCUT2D eigenvalue weighted by Crippen LogP contribution is 2.27. The van der Waals surface area contributed by atoms with Gasteiger partial charge in [0.2, 0.25) is 0 Å². The molecule has 4 rings (SSSR count). The molecule has 0 bridgehead atoms. The number of phenols is 1. The molecule has 31 heavy (non-hydrogen) atoms. The summed E-state index contributed by atoms with van der Waals surface area (Å²) in [5.41, 5.74) is 3.75. The molecular weight excluding hydrogens is 390 g/mol. The monoisotopic (exact) mass is 417 g/mol. The zero-order valence-electron chi connectivity index (χ0n) is 17.8.